The van der Waals surface area contributed by atoms with E-state index in [1.807, 2.05) is 0 Å². The molecule has 1 aliphatic rings. The fraction of sp³-hybridized carbons (Fsp3) is 0.667. The van der Waals surface area contributed by atoms with Crippen LogP contribution in [-0.2, 0) is 0 Å². The molecule has 0 spiro atoms. The van der Waals surface area contributed by atoms with Gasteiger partial charge in [-0.25, -0.2) is 0 Å². The molecule has 1 N–H and O–H groups in total. The van der Waals surface area contributed by atoms with Crippen LogP contribution in [0.5, 0.6) is 0 Å². The quantitative estimate of drug-likeness (QED) is 0.743. The highest BCUT2D eigenvalue weighted by molar-refractivity contribution is 5.46. The number of benzene rings is 1. The van der Waals surface area contributed by atoms with Crippen molar-refractivity contribution in [3.05, 3.63) is 29.8 Å². The Kier molecular flexibility index (Phi) is 5.90. The second-order valence-electron chi connectivity index (χ2n) is 6.32. The molecule has 1 fully saturated rings. The van der Waals surface area contributed by atoms with Gasteiger partial charge in [-0.05, 0) is 49.4 Å². The van der Waals surface area contributed by atoms with Crippen LogP contribution in [0.15, 0.2) is 24.3 Å². The second-order valence-corrected chi connectivity index (χ2v) is 6.32. The summed E-state index contributed by atoms with van der Waals surface area (Å²) in [5.41, 5.74) is 2.76. The highest BCUT2D eigenvalue weighted by atomic mass is 15.1. The topological polar surface area (TPSA) is 15.3 Å². The lowest BCUT2D eigenvalue weighted by Crippen LogP contribution is -2.28. The average molecular weight is 274 g/mol. The van der Waals surface area contributed by atoms with Gasteiger partial charge in [0, 0.05) is 25.8 Å². The van der Waals surface area contributed by atoms with E-state index in [1.54, 1.807) is 0 Å². The lowest BCUT2D eigenvalue weighted by Gasteiger charge is -2.26. The summed E-state index contributed by atoms with van der Waals surface area (Å²) in [7, 11) is 4.20. The zero-order valence-corrected chi connectivity index (χ0v) is 13.4. The van der Waals surface area contributed by atoms with E-state index in [9.17, 15) is 0 Å². The molecule has 112 valence electrons. The average Bonchev–Trinajstić information content (AvgIpc) is 2.98. The minimum atomic E-state index is 0.556. The normalized spacial score (nSPS) is 17.4. The Bertz CT molecular complexity index is 377. The third kappa shape index (κ3) is 3.99. The Morgan fingerprint density at radius 3 is 2.35 bits per heavy atom. The largest absolute Gasteiger partial charge is 0.378 e. The van der Waals surface area contributed by atoms with Gasteiger partial charge < -0.3 is 10.2 Å². The maximum Gasteiger partial charge on any atom is 0.0361 e. The number of anilines is 1. The van der Waals surface area contributed by atoms with Gasteiger partial charge in [-0.2, -0.15) is 0 Å². The zero-order valence-electron chi connectivity index (χ0n) is 13.4. The minimum Gasteiger partial charge on any atom is -0.378 e. The van der Waals surface area contributed by atoms with E-state index in [-0.39, 0.29) is 0 Å². The molecule has 2 nitrogen and oxygen atoms in total. The van der Waals surface area contributed by atoms with Gasteiger partial charge in [0.25, 0.3) is 0 Å². The van der Waals surface area contributed by atoms with Crippen LogP contribution in [-0.4, -0.2) is 20.6 Å². The van der Waals surface area contributed by atoms with E-state index in [2.05, 4.69) is 55.5 Å². The van der Waals surface area contributed by atoms with Crippen molar-refractivity contribution in [2.45, 2.75) is 51.5 Å². The molecule has 0 radical (unpaired) electrons. The predicted molar refractivity (Wildman–Crippen MR) is 88.4 cm³/mol. The highest BCUT2D eigenvalue weighted by Crippen LogP contribution is 2.36. The van der Waals surface area contributed by atoms with E-state index in [1.165, 1.54) is 49.8 Å². The third-order valence-electron chi connectivity index (χ3n) is 4.53. The van der Waals surface area contributed by atoms with Crippen LogP contribution in [0.3, 0.4) is 0 Å². The van der Waals surface area contributed by atoms with E-state index in [0.29, 0.717) is 6.04 Å². The first-order chi connectivity index (χ1) is 9.72. The van der Waals surface area contributed by atoms with Crippen molar-refractivity contribution >= 4 is 5.69 Å². The summed E-state index contributed by atoms with van der Waals surface area (Å²) in [6.07, 6.45) is 8.14. The summed E-state index contributed by atoms with van der Waals surface area (Å²) in [4.78, 5) is 2.17. The Labute approximate surface area is 124 Å². The van der Waals surface area contributed by atoms with Crippen molar-refractivity contribution in [1.82, 2.24) is 5.32 Å². The molecule has 20 heavy (non-hydrogen) atoms. The fourth-order valence-corrected chi connectivity index (χ4v) is 3.26. The molecular weight excluding hydrogens is 244 g/mol. The molecule has 2 rings (SSSR count). The molecule has 0 aromatic heterocycles. The number of unbranched alkanes of at least 4 members (excludes halogenated alkanes) is 1. The molecule has 1 saturated carbocycles. The van der Waals surface area contributed by atoms with Gasteiger partial charge in [0.2, 0.25) is 0 Å². The molecule has 1 aromatic carbocycles. The highest BCUT2D eigenvalue weighted by Gasteiger charge is 2.25. The number of nitrogens with zero attached hydrogens (tertiary/aromatic N) is 1. The maximum atomic E-state index is 3.81. The molecule has 2 heteroatoms. The summed E-state index contributed by atoms with van der Waals surface area (Å²) in [6.45, 7) is 3.41. The number of rotatable bonds is 7. The molecule has 0 bridgehead atoms. The van der Waals surface area contributed by atoms with Crippen LogP contribution in [0.2, 0.25) is 0 Å². The molecule has 1 aliphatic carbocycles. The van der Waals surface area contributed by atoms with Gasteiger partial charge in [0.15, 0.2) is 0 Å². The monoisotopic (exact) mass is 274 g/mol. The van der Waals surface area contributed by atoms with E-state index in [0.717, 1.165) is 12.5 Å². The molecular formula is C18H30N2. The van der Waals surface area contributed by atoms with Crippen molar-refractivity contribution in [2.75, 3.05) is 25.5 Å². The maximum absolute atomic E-state index is 3.81. The van der Waals surface area contributed by atoms with Crippen LogP contribution in [0.25, 0.3) is 0 Å². The van der Waals surface area contributed by atoms with Crippen LogP contribution in [0.4, 0.5) is 5.69 Å². The van der Waals surface area contributed by atoms with Gasteiger partial charge in [0.05, 0.1) is 0 Å². The number of nitrogens with one attached hydrogen (secondary N) is 1. The van der Waals surface area contributed by atoms with Crippen LogP contribution >= 0.6 is 0 Å². The minimum absolute atomic E-state index is 0.556. The molecule has 1 unspecified atom stereocenters. The van der Waals surface area contributed by atoms with Crippen LogP contribution in [0, 0.1) is 5.92 Å². The number of hydrogen-bond acceptors (Lipinski definition) is 2. The zero-order chi connectivity index (χ0) is 14.4. The van der Waals surface area contributed by atoms with Crippen molar-refractivity contribution in [2.24, 2.45) is 5.92 Å². The van der Waals surface area contributed by atoms with Crippen LogP contribution in [0.1, 0.15) is 57.1 Å². The van der Waals surface area contributed by atoms with Gasteiger partial charge in [0.1, 0.15) is 0 Å². The SMILES string of the molecule is CCCCNC(c1ccc(N(C)C)cc1)C1CCCC1. The Hall–Kier alpha value is -1.02. The van der Waals surface area contributed by atoms with E-state index in [4.69, 9.17) is 0 Å². The molecule has 0 saturated heterocycles. The van der Waals surface area contributed by atoms with Gasteiger partial charge in [-0.1, -0.05) is 38.3 Å². The lowest BCUT2D eigenvalue weighted by atomic mass is 9.91. The summed E-state index contributed by atoms with van der Waals surface area (Å²) in [5, 5.41) is 3.81. The van der Waals surface area contributed by atoms with Gasteiger partial charge >= 0.3 is 0 Å². The van der Waals surface area contributed by atoms with Crippen molar-refractivity contribution in [3.63, 3.8) is 0 Å². The van der Waals surface area contributed by atoms with E-state index < -0.39 is 0 Å². The van der Waals surface area contributed by atoms with Crippen molar-refractivity contribution in [3.8, 4) is 0 Å². The van der Waals surface area contributed by atoms with Crippen molar-refractivity contribution < 1.29 is 0 Å². The predicted octanol–water partition coefficient (Wildman–Crippen LogP) is 4.37. The van der Waals surface area contributed by atoms with E-state index >= 15 is 0 Å². The fourth-order valence-electron chi connectivity index (χ4n) is 3.26. The summed E-state index contributed by atoms with van der Waals surface area (Å²) in [6, 6.07) is 9.69. The first-order valence-corrected chi connectivity index (χ1v) is 8.23. The molecule has 1 aromatic rings. The summed E-state index contributed by atoms with van der Waals surface area (Å²) >= 11 is 0. The van der Waals surface area contributed by atoms with Crippen LogP contribution < -0.4 is 10.2 Å². The molecule has 1 atom stereocenters. The Balaban J connectivity index is 2.07. The Morgan fingerprint density at radius 1 is 1.15 bits per heavy atom. The summed E-state index contributed by atoms with van der Waals surface area (Å²) < 4.78 is 0. The summed E-state index contributed by atoms with van der Waals surface area (Å²) in [5.74, 6) is 0.831. The van der Waals surface area contributed by atoms with Gasteiger partial charge in [-0.3, -0.25) is 0 Å². The Morgan fingerprint density at radius 2 is 1.80 bits per heavy atom. The third-order valence-corrected chi connectivity index (χ3v) is 4.53. The molecule has 0 heterocycles. The second kappa shape index (κ2) is 7.68. The standard InChI is InChI=1S/C18H30N2/c1-4-5-14-19-18(15-8-6-7-9-15)16-10-12-17(13-11-16)20(2)3/h10-13,15,18-19H,4-9,14H2,1-3H3. The molecule has 0 amide bonds. The molecule has 0 aliphatic heterocycles. The smallest absolute Gasteiger partial charge is 0.0361 e. The first-order valence-electron chi connectivity index (χ1n) is 8.23. The van der Waals surface area contributed by atoms with Crippen molar-refractivity contribution in [1.29, 1.82) is 0 Å². The first kappa shape index (κ1) is 15.4. The van der Waals surface area contributed by atoms with Gasteiger partial charge in [-0.15, -0.1) is 0 Å². The lowest BCUT2D eigenvalue weighted by molar-refractivity contribution is 0.365. The number of hydrogen-bond donors (Lipinski definition) is 1.